The molecule has 1 saturated heterocycles. The number of hydrogen-bond acceptors (Lipinski definition) is 3. The number of nitrogens with two attached hydrogens (primary N) is 1. The van der Waals surface area contributed by atoms with Crippen molar-refractivity contribution < 1.29 is 4.79 Å². The van der Waals surface area contributed by atoms with Crippen LogP contribution < -0.4 is 5.73 Å². The van der Waals surface area contributed by atoms with Gasteiger partial charge in [-0.1, -0.05) is 18.5 Å². The Morgan fingerprint density at radius 1 is 1.57 bits per heavy atom. The molecule has 1 aliphatic rings. The summed E-state index contributed by atoms with van der Waals surface area (Å²) in [6.45, 7) is 5.25. The van der Waals surface area contributed by atoms with Crippen LogP contribution in [-0.2, 0) is 6.54 Å². The monoisotopic (exact) mass is 306 g/mol. The lowest BCUT2D eigenvalue weighted by Crippen LogP contribution is -2.33. The summed E-state index contributed by atoms with van der Waals surface area (Å²) >= 11 is 6.12. The summed E-state index contributed by atoms with van der Waals surface area (Å²) in [5.41, 5.74) is 7.43. The molecule has 1 fully saturated rings. The number of rotatable bonds is 3. The largest absolute Gasteiger partial charge is 0.365 e. The number of imidazole rings is 1. The smallest absolute Gasteiger partial charge is 0.252 e. The Morgan fingerprint density at radius 2 is 2.38 bits per heavy atom. The summed E-state index contributed by atoms with van der Waals surface area (Å²) in [4.78, 5) is 18.2. The zero-order valence-corrected chi connectivity index (χ0v) is 12.8. The second kappa shape index (κ2) is 5.66. The molecule has 21 heavy (non-hydrogen) atoms. The van der Waals surface area contributed by atoms with Gasteiger partial charge < -0.3 is 5.73 Å². The number of piperidine rings is 1. The Bertz CT molecular complexity index is 682. The van der Waals surface area contributed by atoms with Gasteiger partial charge in [0.05, 0.1) is 11.8 Å². The lowest BCUT2D eigenvalue weighted by molar-refractivity contribution is 0.100. The third-order valence-corrected chi connectivity index (χ3v) is 4.31. The average Bonchev–Trinajstić information content (AvgIpc) is 2.80. The van der Waals surface area contributed by atoms with Crippen molar-refractivity contribution in [3.63, 3.8) is 0 Å². The first-order chi connectivity index (χ1) is 10.0. The van der Waals surface area contributed by atoms with Gasteiger partial charge in [-0.05, 0) is 36.9 Å². The lowest BCUT2D eigenvalue weighted by Gasteiger charge is -2.30. The summed E-state index contributed by atoms with van der Waals surface area (Å²) in [6, 6.07) is 1.83. The molecule has 3 heterocycles. The number of carbonyl (C=O) groups excluding carboxylic acids is 1. The Hall–Kier alpha value is -1.59. The van der Waals surface area contributed by atoms with Gasteiger partial charge in [-0.25, -0.2) is 4.98 Å². The van der Waals surface area contributed by atoms with E-state index in [0.29, 0.717) is 16.4 Å². The second-order valence-corrected chi connectivity index (χ2v) is 6.27. The fraction of sp³-hybridized carbons (Fsp3) is 0.467. The molecule has 0 bridgehead atoms. The van der Waals surface area contributed by atoms with Crippen LogP contribution >= 0.6 is 11.6 Å². The Balaban J connectivity index is 1.94. The van der Waals surface area contributed by atoms with E-state index in [2.05, 4.69) is 16.8 Å². The van der Waals surface area contributed by atoms with E-state index in [0.717, 1.165) is 31.1 Å². The molecule has 3 rings (SSSR count). The van der Waals surface area contributed by atoms with E-state index in [9.17, 15) is 4.79 Å². The maximum absolute atomic E-state index is 11.6. The van der Waals surface area contributed by atoms with E-state index < -0.39 is 5.91 Å². The van der Waals surface area contributed by atoms with Gasteiger partial charge in [0.15, 0.2) is 5.65 Å². The van der Waals surface area contributed by atoms with Crippen molar-refractivity contribution in [3.8, 4) is 0 Å². The van der Waals surface area contributed by atoms with Crippen molar-refractivity contribution in [1.82, 2.24) is 14.3 Å². The highest BCUT2D eigenvalue weighted by Gasteiger charge is 2.18. The van der Waals surface area contributed by atoms with Crippen LogP contribution in [0.15, 0.2) is 18.5 Å². The van der Waals surface area contributed by atoms with Crippen molar-refractivity contribution in [3.05, 3.63) is 34.7 Å². The second-order valence-electron chi connectivity index (χ2n) is 5.88. The average molecular weight is 307 g/mol. The number of hydrogen-bond donors (Lipinski definition) is 1. The third-order valence-electron chi connectivity index (χ3n) is 4.03. The van der Waals surface area contributed by atoms with E-state index in [-0.39, 0.29) is 0 Å². The minimum absolute atomic E-state index is 0.421. The highest BCUT2D eigenvalue weighted by atomic mass is 35.5. The van der Waals surface area contributed by atoms with Crippen LogP contribution in [0.25, 0.3) is 5.65 Å². The highest BCUT2D eigenvalue weighted by Crippen LogP contribution is 2.21. The first-order valence-electron chi connectivity index (χ1n) is 7.22. The predicted molar refractivity (Wildman–Crippen MR) is 82.4 cm³/mol. The van der Waals surface area contributed by atoms with Crippen molar-refractivity contribution in [2.45, 2.75) is 26.3 Å². The number of primary amides is 1. The molecule has 1 atom stereocenters. The molecule has 1 amide bonds. The van der Waals surface area contributed by atoms with E-state index in [1.165, 1.54) is 19.0 Å². The van der Waals surface area contributed by atoms with Gasteiger partial charge >= 0.3 is 0 Å². The van der Waals surface area contributed by atoms with Crippen LogP contribution in [0.2, 0.25) is 5.15 Å². The van der Waals surface area contributed by atoms with Crippen LogP contribution in [-0.4, -0.2) is 33.3 Å². The van der Waals surface area contributed by atoms with Crippen LogP contribution in [0.3, 0.4) is 0 Å². The minimum atomic E-state index is -0.476. The fourth-order valence-corrected chi connectivity index (χ4v) is 3.25. The van der Waals surface area contributed by atoms with Gasteiger partial charge in [0, 0.05) is 19.3 Å². The van der Waals surface area contributed by atoms with E-state index in [1.807, 2.05) is 12.3 Å². The number of halogens is 1. The molecule has 0 unspecified atom stereocenters. The summed E-state index contributed by atoms with van der Waals surface area (Å²) in [6.07, 6.45) is 5.99. The summed E-state index contributed by atoms with van der Waals surface area (Å²) in [7, 11) is 0. The van der Waals surface area contributed by atoms with Gasteiger partial charge in [0.2, 0.25) is 0 Å². The van der Waals surface area contributed by atoms with E-state index in [4.69, 9.17) is 17.3 Å². The maximum atomic E-state index is 11.6. The molecule has 6 heteroatoms. The van der Waals surface area contributed by atoms with Gasteiger partial charge in [0.25, 0.3) is 5.91 Å². The molecule has 2 aromatic heterocycles. The van der Waals surface area contributed by atoms with Crippen molar-refractivity contribution >= 4 is 23.2 Å². The van der Waals surface area contributed by atoms with Crippen molar-refractivity contribution in [1.29, 1.82) is 0 Å². The number of pyridine rings is 1. The fourth-order valence-electron chi connectivity index (χ4n) is 3.07. The van der Waals surface area contributed by atoms with Gasteiger partial charge in [-0.2, -0.15) is 0 Å². The standard InChI is InChI=1S/C15H19ClN4O/c1-10-3-2-4-19(7-10)8-11-5-12(14(17)21)15-18-6-13(16)20(15)9-11/h5-6,9-10H,2-4,7-8H2,1H3,(H2,17,21)/t10-/m0/s1. The normalized spacial score (nSPS) is 20.0. The van der Waals surface area contributed by atoms with Crippen LogP contribution in [0.1, 0.15) is 35.7 Å². The maximum Gasteiger partial charge on any atom is 0.252 e. The Kier molecular flexibility index (Phi) is 3.87. The van der Waals surface area contributed by atoms with Crippen molar-refractivity contribution in [2.75, 3.05) is 13.1 Å². The molecular formula is C15H19ClN4O. The molecule has 112 valence electrons. The van der Waals surface area contributed by atoms with Gasteiger partial charge in [-0.15, -0.1) is 0 Å². The summed E-state index contributed by atoms with van der Waals surface area (Å²) in [5, 5.41) is 0.487. The molecule has 0 saturated carbocycles. The molecular weight excluding hydrogens is 288 g/mol. The number of amides is 1. The Morgan fingerprint density at radius 3 is 3.10 bits per heavy atom. The van der Waals surface area contributed by atoms with Gasteiger partial charge in [-0.3, -0.25) is 14.1 Å². The minimum Gasteiger partial charge on any atom is -0.365 e. The summed E-state index contributed by atoms with van der Waals surface area (Å²) in [5.74, 6) is 0.242. The lowest BCUT2D eigenvalue weighted by atomic mass is 10.00. The number of carbonyl (C=O) groups is 1. The highest BCUT2D eigenvalue weighted by molar-refractivity contribution is 6.29. The molecule has 5 nitrogen and oxygen atoms in total. The molecule has 0 spiro atoms. The number of aromatic nitrogens is 2. The zero-order valence-electron chi connectivity index (χ0n) is 12.1. The van der Waals surface area contributed by atoms with Crippen LogP contribution in [0.5, 0.6) is 0 Å². The molecule has 2 N–H and O–H groups in total. The van der Waals surface area contributed by atoms with Crippen LogP contribution in [0.4, 0.5) is 0 Å². The number of nitrogens with zero attached hydrogens (tertiary/aromatic N) is 3. The molecule has 2 aromatic rings. The van der Waals surface area contributed by atoms with Crippen LogP contribution in [0, 0.1) is 5.92 Å². The quantitative estimate of drug-likeness (QED) is 0.946. The topological polar surface area (TPSA) is 63.6 Å². The molecule has 0 radical (unpaired) electrons. The summed E-state index contributed by atoms with van der Waals surface area (Å²) < 4.78 is 1.73. The van der Waals surface area contributed by atoms with Crippen molar-refractivity contribution in [2.24, 2.45) is 11.7 Å². The first kappa shape index (κ1) is 14.4. The first-order valence-corrected chi connectivity index (χ1v) is 7.60. The SMILES string of the molecule is C[C@H]1CCCN(Cc2cc(C(N)=O)c3ncc(Cl)n3c2)C1. The third kappa shape index (κ3) is 2.89. The molecule has 1 aliphatic heterocycles. The van der Waals surface area contributed by atoms with E-state index in [1.54, 1.807) is 4.40 Å². The zero-order chi connectivity index (χ0) is 15.0. The van der Waals surface area contributed by atoms with E-state index >= 15 is 0 Å². The van der Waals surface area contributed by atoms with Gasteiger partial charge in [0.1, 0.15) is 5.15 Å². The molecule has 0 aliphatic carbocycles. The Labute approximate surface area is 128 Å². The molecule has 0 aromatic carbocycles. The number of likely N-dealkylation sites (tertiary alicyclic amines) is 1. The number of fused-ring (bicyclic) bond motifs is 1. The predicted octanol–water partition coefficient (Wildman–Crippen LogP) is 2.32.